The van der Waals surface area contributed by atoms with E-state index in [1.807, 2.05) is 48.2 Å². The standard InChI is InChI=1S/C25H32N4O5/c1-16-6-4-5-7-20(16)27-25(33)28-21-9-8-19(13-23(21)34-3)22(26-17(2)30)12-18-10-11-29(14-18)15-24(31)32/h4-9,13,18,22H,10-12,14-15H2,1-3H3,(H,26,30)(H,31,32)(H2,27,28,33). The van der Waals surface area contributed by atoms with Crippen molar-refractivity contribution < 1.29 is 24.2 Å². The molecule has 1 fully saturated rings. The highest BCUT2D eigenvalue weighted by Crippen LogP contribution is 2.33. The van der Waals surface area contributed by atoms with Crippen LogP contribution in [-0.2, 0) is 9.59 Å². The van der Waals surface area contributed by atoms with Crippen molar-refractivity contribution in [3.05, 3.63) is 53.6 Å². The van der Waals surface area contributed by atoms with Crippen LogP contribution in [0.5, 0.6) is 5.75 Å². The second kappa shape index (κ2) is 11.5. The third kappa shape index (κ3) is 6.95. The fourth-order valence-electron chi connectivity index (χ4n) is 4.31. The van der Waals surface area contributed by atoms with E-state index >= 15 is 0 Å². The number of benzene rings is 2. The summed E-state index contributed by atoms with van der Waals surface area (Å²) in [6.45, 7) is 4.82. The van der Waals surface area contributed by atoms with Gasteiger partial charge in [0, 0.05) is 19.2 Å². The van der Waals surface area contributed by atoms with Crippen LogP contribution in [0.25, 0.3) is 0 Å². The molecule has 9 heteroatoms. The smallest absolute Gasteiger partial charge is 0.323 e. The second-order valence-corrected chi connectivity index (χ2v) is 8.63. The van der Waals surface area contributed by atoms with E-state index in [2.05, 4.69) is 16.0 Å². The molecule has 2 unspecified atom stereocenters. The Kier molecular flexibility index (Phi) is 8.48. The molecule has 0 aliphatic carbocycles. The van der Waals surface area contributed by atoms with Crippen molar-refractivity contribution in [2.75, 3.05) is 37.4 Å². The number of hydrogen-bond acceptors (Lipinski definition) is 5. The van der Waals surface area contributed by atoms with Crippen molar-refractivity contribution in [1.29, 1.82) is 0 Å². The maximum Gasteiger partial charge on any atom is 0.323 e. The summed E-state index contributed by atoms with van der Waals surface area (Å²) >= 11 is 0. The molecule has 1 aliphatic rings. The number of carboxylic acid groups (broad SMARTS) is 1. The van der Waals surface area contributed by atoms with Gasteiger partial charge in [0.25, 0.3) is 0 Å². The number of aliphatic carboxylic acids is 1. The average Bonchev–Trinajstić information content (AvgIpc) is 3.21. The largest absolute Gasteiger partial charge is 0.495 e. The SMILES string of the molecule is COc1cc(C(CC2CCN(CC(=O)O)C2)NC(C)=O)ccc1NC(=O)Nc1ccccc1C. The third-order valence-electron chi connectivity index (χ3n) is 5.94. The molecular formula is C25H32N4O5. The van der Waals surface area contributed by atoms with Crippen LogP contribution in [0, 0.1) is 12.8 Å². The number of carboxylic acids is 1. The highest BCUT2D eigenvalue weighted by atomic mass is 16.5. The van der Waals surface area contributed by atoms with E-state index in [0.29, 0.717) is 24.4 Å². The first-order valence-corrected chi connectivity index (χ1v) is 11.3. The molecule has 1 aliphatic heterocycles. The number of aryl methyl sites for hydroxylation is 1. The number of amides is 3. The van der Waals surface area contributed by atoms with E-state index in [1.165, 1.54) is 14.0 Å². The van der Waals surface area contributed by atoms with Gasteiger partial charge in [-0.25, -0.2) is 4.79 Å². The lowest BCUT2D eigenvalue weighted by atomic mass is 9.93. The number of carbonyl (C=O) groups is 3. The van der Waals surface area contributed by atoms with Gasteiger partial charge in [0.1, 0.15) is 5.75 Å². The van der Waals surface area contributed by atoms with Crippen LogP contribution in [0.1, 0.15) is 36.9 Å². The summed E-state index contributed by atoms with van der Waals surface area (Å²) in [5, 5.41) is 17.7. The number of likely N-dealkylation sites (tertiary alicyclic amines) is 1. The van der Waals surface area contributed by atoms with Crippen LogP contribution < -0.4 is 20.7 Å². The summed E-state index contributed by atoms with van der Waals surface area (Å²) in [5.74, 6) is -0.242. The lowest BCUT2D eigenvalue weighted by Gasteiger charge is -2.23. The summed E-state index contributed by atoms with van der Waals surface area (Å²) in [6.07, 6.45) is 1.55. The highest BCUT2D eigenvalue weighted by molar-refractivity contribution is 6.01. The minimum atomic E-state index is -0.835. The Hall–Kier alpha value is -3.59. The van der Waals surface area contributed by atoms with Crippen molar-refractivity contribution in [2.24, 2.45) is 5.92 Å². The zero-order valence-electron chi connectivity index (χ0n) is 19.8. The molecule has 3 amide bonds. The van der Waals surface area contributed by atoms with E-state index in [4.69, 9.17) is 9.84 Å². The molecule has 1 heterocycles. The molecule has 0 aromatic heterocycles. The predicted molar refractivity (Wildman–Crippen MR) is 130 cm³/mol. The number of hydrogen-bond donors (Lipinski definition) is 4. The van der Waals surface area contributed by atoms with Crippen LogP contribution in [0.4, 0.5) is 16.2 Å². The molecule has 1 saturated heterocycles. The zero-order chi connectivity index (χ0) is 24.7. The van der Waals surface area contributed by atoms with Crippen molar-refractivity contribution in [3.63, 3.8) is 0 Å². The zero-order valence-corrected chi connectivity index (χ0v) is 19.8. The third-order valence-corrected chi connectivity index (χ3v) is 5.94. The van der Waals surface area contributed by atoms with Crippen LogP contribution >= 0.6 is 0 Å². The van der Waals surface area contributed by atoms with Gasteiger partial charge < -0.3 is 25.8 Å². The minimum Gasteiger partial charge on any atom is -0.495 e. The molecule has 2 atom stereocenters. The average molecular weight is 469 g/mol. The summed E-state index contributed by atoms with van der Waals surface area (Å²) in [7, 11) is 1.53. The Bertz CT molecular complexity index is 1040. The van der Waals surface area contributed by atoms with Gasteiger partial charge >= 0.3 is 12.0 Å². The summed E-state index contributed by atoms with van der Waals surface area (Å²) in [6, 6.07) is 12.3. The normalized spacial score (nSPS) is 16.5. The second-order valence-electron chi connectivity index (χ2n) is 8.63. The predicted octanol–water partition coefficient (Wildman–Crippen LogP) is 3.62. The number of nitrogens with zero attached hydrogens (tertiary/aromatic N) is 1. The monoisotopic (exact) mass is 468 g/mol. The van der Waals surface area contributed by atoms with Gasteiger partial charge in [0.2, 0.25) is 5.91 Å². The summed E-state index contributed by atoms with van der Waals surface area (Å²) < 4.78 is 5.52. The lowest BCUT2D eigenvalue weighted by Crippen LogP contribution is -2.30. The molecule has 4 N–H and O–H groups in total. The molecule has 2 aromatic rings. The number of nitrogens with one attached hydrogen (secondary N) is 3. The van der Waals surface area contributed by atoms with Crippen LogP contribution in [0.2, 0.25) is 0 Å². The van der Waals surface area contributed by atoms with E-state index in [9.17, 15) is 14.4 Å². The van der Waals surface area contributed by atoms with Gasteiger partial charge in [0.05, 0.1) is 25.4 Å². The number of anilines is 2. The highest BCUT2D eigenvalue weighted by Gasteiger charge is 2.28. The summed E-state index contributed by atoms with van der Waals surface area (Å²) in [5.41, 5.74) is 3.03. The van der Waals surface area contributed by atoms with Gasteiger partial charge in [-0.2, -0.15) is 0 Å². The van der Waals surface area contributed by atoms with E-state index in [-0.39, 0.29) is 30.4 Å². The van der Waals surface area contributed by atoms with Crippen LogP contribution in [0.15, 0.2) is 42.5 Å². The molecular weight excluding hydrogens is 436 g/mol. The molecule has 2 aromatic carbocycles. The van der Waals surface area contributed by atoms with Gasteiger partial charge in [-0.15, -0.1) is 0 Å². The lowest BCUT2D eigenvalue weighted by molar-refractivity contribution is -0.138. The quantitative estimate of drug-likeness (QED) is 0.446. The molecule has 0 saturated carbocycles. The molecule has 0 spiro atoms. The molecule has 34 heavy (non-hydrogen) atoms. The fourth-order valence-corrected chi connectivity index (χ4v) is 4.31. The Morgan fingerprint density at radius 1 is 1.15 bits per heavy atom. The maximum absolute atomic E-state index is 12.5. The first kappa shape index (κ1) is 25.0. The van der Waals surface area contributed by atoms with Gasteiger partial charge in [-0.1, -0.05) is 24.3 Å². The fraction of sp³-hybridized carbons (Fsp3) is 0.400. The molecule has 9 nitrogen and oxygen atoms in total. The van der Waals surface area contributed by atoms with Gasteiger partial charge in [-0.3, -0.25) is 14.5 Å². The first-order valence-electron chi connectivity index (χ1n) is 11.3. The van der Waals surface area contributed by atoms with Crippen LogP contribution in [0.3, 0.4) is 0 Å². The summed E-state index contributed by atoms with van der Waals surface area (Å²) in [4.78, 5) is 37.3. The molecule has 0 bridgehead atoms. The van der Waals surface area contributed by atoms with Crippen molar-refractivity contribution in [2.45, 2.75) is 32.7 Å². The molecule has 0 radical (unpaired) electrons. The number of carbonyl (C=O) groups excluding carboxylic acids is 2. The van der Waals surface area contributed by atoms with Crippen LogP contribution in [-0.4, -0.2) is 54.7 Å². The Morgan fingerprint density at radius 3 is 2.56 bits per heavy atom. The minimum absolute atomic E-state index is 0.0278. The number of ether oxygens (including phenoxy) is 1. The van der Waals surface area contributed by atoms with Crippen molar-refractivity contribution in [3.8, 4) is 5.75 Å². The maximum atomic E-state index is 12.5. The van der Waals surface area contributed by atoms with Crippen molar-refractivity contribution >= 4 is 29.3 Å². The topological polar surface area (TPSA) is 120 Å². The van der Waals surface area contributed by atoms with E-state index in [0.717, 1.165) is 29.8 Å². The number of para-hydroxylation sites is 1. The van der Waals surface area contributed by atoms with Crippen molar-refractivity contribution in [1.82, 2.24) is 10.2 Å². The van der Waals surface area contributed by atoms with Gasteiger partial charge in [0.15, 0.2) is 0 Å². The van der Waals surface area contributed by atoms with Gasteiger partial charge in [-0.05, 0) is 61.6 Å². The number of methoxy groups -OCH3 is 1. The number of rotatable bonds is 9. The van der Waals surface area contributed by atoms with E-state index in [1.54, 1.807) is 6.07 Å². The van der Waals surface area contributed by atoms with E-state index < -0.39 is 5.97 Å². The Morgan fingerprint density at radius 2 is 1.88 bits per heavy atom. The molecule has 182 valence electrons. The Balaban J connectivity index is 1.71. The number of urea groups is 1. The molecule has 3 rings (SSSR count). The first-order chi connectivity index (χ1) is 16.2. The Labute approximate surface area is 199 Å².